The number of hydrogen-bond donors (Lipinski definition) is 0. The fourth-order valence-electron chi connectivity index (χ4n) is 2.27. The summed E-state index contributed by atoms with van der Waals surface area (Å²) in [7, 11) is 0. The normalized spacial score (nSPS) is 11.1. The van der Waals surface area contributed by atoms with Gasteiger partial charge in [0.2, 0.25) is 0 Å². The summed E-state index contributed by atoms with van der Waals surface area (Å²) in [5.74, 6) is -0.463. The maximum Gasteiger partial charge on any atom is 0.171 e. The Morgan fingerprint density at radius 1 is 0.957 bits per heavy atom. The first-order valence-corrected chi connectivity index (χ1v) is 7.53. The molecule has 0 atom stereocenters. The van der Waals surface area contributed by atoms with Crippen LogP contribution in [0.5, 0.6) is 0 Å². The van der Waals surface area contributed by atoms with E-state index in [4.69, 9.17) is 23.2 Å². The first-order valence-electron chi connectivity index (χ1n) is 6.77. The molecule has 2 aromatic heterocycles. The molecule has 0 radical (unpaired) electrons. The smallest absolute Gasteiger partial charge is 0.171 e. The van der Waals surface area contributed by atoms with Crippen LogP contribution in [0.2, 0.25) is 10.0 Å². The van der Waals surface area contributed by atoms with Gasteiger partial charge in [0, 0.05) is 23.7 Å². The third-order valence-electron chi connectivity index (χ3n) is 3.36. The van der Waals surface area contributed by atoms with Crippen LogP contribution in [-0.2, 0) is 13.1 Å². The average molecular weight is 351 g/mol. The van der Waals surface area contributed by atoms with Crippen molar-refractivity contribution in [2.24, 2.45) is 5.92 Å². The first-order chi connectivity index (χ1) is 11.1. The summed E-state index contributed by atoms with van der Waals surface area (Å²) in [6, 6.07) is 4.85. The molecular weight excluding hydrogens is 339 g/mol. The predicted molar refractivity (Wildman–Crippen MR) is 84.3 cm³/mol. The molecule has 0 N–H and O–H groups in total. The summed E-state index contributed by atoms with van der Waals surface area (Å²) in [6.07, 6.45) is 6.26. The maximum atomic E-state index is 12.9. The maximum absolute atomic E-state index is 12.9. The standard InChI is InChI=1S/C14H12Cl2N6O/c15-11-1-2-12(13(16)3-11)14(23)10(4-21-6-17-18-7-21)5-22-8-19-20-9-22/h1-3,6-10H,4-5H2. The largest absolute Gasteiger partial charge is 0.319 e. The van der Waals surface area contributed by atoms with Crippen LogP contribution >= 0.6 is 23.2 Å². The molecule has 1 aromatic carbocycles. The van der Waals surface area contributed by atoms with E-state index >= 15 is 0 Å². The lowest BCUT2D eigenvalue weighted by Gasteiger charge is -2.17. The zero-order valence-electron chi connectivity index (χ0n) is 11.9. The zero-order valence-corrected chi connectivity index (χ0v) is 13.4. The highest BCUT2D eigenvalue weighted by molar-refractivity contribution is 6.36. The van der Waals surface area contributed by atoms with Gasteiger partial charge in [-0.3, -0.25) is 4.79 Å². The lowest BCUT2D eigenvalue weighted by molar-refractivity contribution is 0.0892. The molecule has 0 saturated carbocycles. The molecule has 0 spiro atoms. The van der Waals surface area contributed by atoms with Crippen LogP contribution in [0.25, 0.3) is 0 Å². The summed E-state index contributed by atoms with van der Waals surface area (Å²) < 4.78 is 3.49. The van der Waals surface area contributed by atoms with Gasteiger partial charge >= 0.3 is 0 Å². The molecule has 0 aliphatic carbocycles. The van der Waals surface area contributed by atoms with Crippen molar-refractivity contribution < 1.29 is 4.79 Å². The second-order valence-electron chi connectivity index (χ2n) is 5.00. The van der Waals surface area contributed by atoms with E-state index in [-0.39, 0.29) is 11.7 Å². The number of nitrogens with zero attached hydrogens (tertiary/aromatic N) is 6. The number of aromatic nitrogens is 6. The summed E-state index contributed by atoms with van der Waals surface area (Å²) >= 11 is 12.1. The van der Waals surface area contributed by atoms with E-state index in [0.717, 1.165) is 0 Å². The van der Waals surface area contributed by atoms with Crippen molar-refractivity contribution in [1.82, 2.24) is 29.5 Å². The number of ketones is 1. The van der Waals surface area contributed by atoms with Gasteiger partial charge in [0.25, 0.3) is 0 Å². The van der Waals surface area contributed by atoms with E-state index in [1.54, 1.807) is 52.6 Å². The van der Waals surface area contributed by atoms with Gasteiger partial charge in [-0.2, -0.15) is 0 Å². The van der Waals surface area contributed by atoms with Crippen LogP contribution in [0.3, 0.4) is 0 Å². The molecule has 3 aromatic rings. The molecule has 0 unspecified atom stereocenters. The molecule has 3 rings (SSSR count). The van der Waals surface area contributed by atoms with Gasteiger partial charge < -0.3 is 9.13 Å². The highest BCUT2D eigenvalue weighted by Gasteiger charge is 2.23. The van der Waals surface area contributed by atoms with Crippen LogP contribution in [0.15, 0.2) is 43.5 Å². The molecule has 0 aliphatic rings. The van der Waals surface area contributed by atoms with Crippen molar-refractivity contribution in [2.45, 2.75) is 13.1 Å². The number of rotatable bonds is 6. The lowest BCUT2D eigenvalue weighted by Crippen LogP contribution is -2.25. The Kier molecular flexibility index (Phi) is 4.68. The molecule has 0 saturated heterocycles. The van der Waals surface area contributed by atoms with Crippen LogP contribution in [0.4, 0.5) is 0 Å². The van der Waals surface area contributed by atoms with Gasteiger partial charge in [-0.05, 0) is 18.2 Å². The van der Waals surface area contributed by atoms with E-state index in [0.29, 0.717) is 28.7 Å². The van der Waals surface area contributed by atoms with E-state index < -0.39 is 0 Å². The highest BCUT2D eigenvalue weighted by atomic mass is 35.5. The van der Waals surface area contributed by atoms with E-state index in [2.05, 4.69) is 20.4 Å². The van der Waals surface area contributed by atoms with Gasteiger partial charge in [0.05, 0.1) is 10.9 Å². The molecule has 2 heterocycles. The zero-order chi connectivity index (χ0) is 16.2. The van der Waals surface area contributed by atoms with Crippen molar-refractivity contribution in [3.05, 3.63) is 59.1 Å². The molecule has 0 aliphatic heterocycles. The molecule has 0 amide bonds. The number of halogens is 2. The average Bonchev–Trinajstić information content (AvgIpc) is 3.19. The number of carbonyl (C=O) groups is 1. The molecule has 0 fully saturated rings. The van der Waals surface area contributed by atoms with E-state index in [9.17, 15) is 4.79 Å². The molecule has 0 bridgehead atoms. The Hall–Kier alpha value is -2.25. The number of hydrogen-bond acceptors (Lipinski definition) is 5. The SMILES string of the molecule is O=C(c1ccc(Cl)cc1Cl)C(Cn1cnnc1)Cn1cnnc1. The second kappa shape index (κ2) is 6.89. The number of benzene rings is 1. The first kappa shape index (κ1) is 15.6. The van der Waals surface area contributed by atoms with E-state index in [1.807, 2.05) is 0 Å². The predicted octanol–water partition coefficient (Wildman–Crippen LogP) is 2.38. The molecule has 23 heavy (non-hydrogen) atoms. The van der Waals surface area contributed by atoms with Gasteiger partial charge in [-0.25, -0.2) is 0 Å². The van der Waals surface area contributed by atoms with Crippen LogP contribution in [0, 0.1) is 5.92 Å². The van der Waals surface area contributed by atoms with Crippen molar-refractivity contribution in [3.63, 3.8) is 0 Å². The molecule has 118 valence electrons. The minimum Gasteiger partial charge on any atom is -0.319 e. The van der Waals surface area contributed by atoms with Gasteiger partial charge in [-0.15, -0.1) is 20.4 Å². The van der Waals surface area contributed by atoms with Gasteiger partial charge in [-0.1, -0.05) is 23.2 Å². The van der Waals surface area contributed by atoms with Crippen molar-refractivity contribution in [3.8, 4) is 0 Å². The molecule has 9 heteroatoms. The summed E-state index contributed by atoms with van der Waals surface area (Å²) in [4.78, 5) is 12.9. The highest BCUT2D eigenvalue weighted by Crippen LogP contribution is 2.24. The fraction of sp³-hybridized carbons (Fsp3) is 0.214. The number of carbonyl (C=O) groups excluding carboxylic acids is 1. The summed E-state index contributed by atoms with van der Waals surface area (Å²) in [6.45, 7) is 0.839. The minimum atomic E-state index is -0.374. The Morgan fingerprint density at radius 2 is 1.48 bits per heavy atom. The third kappa shape index (κ3) is 3.75. The Bertz CT molecular complexity index is 751. The van der Waals surface area contributed by atoms with Crippen LogP contribution < -0.4 is 0 Å². The second-order valence-corrected chi connectivity index (χ2v) is 5.85. The van der Waals surface area contributed by atoms with Crippen molar-refractivity contribution >= 4 is 29.0 Å². The Balaban J connectivity index is 1.88. The minimum absolute atomic E-state index is 0.0888. The van der Waals surface area contributed by atoms with Gasteiger partial charge in [0.15, 0.2) is 5.78 Å². The number of Topliss-reactive ketones (excluding diaryl/α,β-unsaturated/α-hetero) is 1. The molecule has 7 nitrogen and oxygen atoms in total. The van der Waals surface area contributed by atoms with E-state index in [1.165, 1.54) is 0 Å². The third-order valence-corrected chi connectivity index (χ3v) is 3.91. The van der Waals surface area contributed by atoms with Crippen LogP contribution in [-0.4, -0.2) is 35.3 Å². The van der Waals surface area contributed by atoms with Gasteiger partial charge in [0.1, 0.15) is 25.3 Å². The van der Waals surface area contributed by atoms with Crippen LogP contribution in [0.1, 0.15) is 10.4 Å². The summed E-state index contributed by atoms with van der Waals surface area (Å²) in [5.41, 5.74) is 0.433. The lowest BCUT2D eigenvalue weighted by atomic mass is 9.97. The van der Waals surface area contributed by atoms with Crippen molar-refractivity contribution in [2.75, 3.05) is 0 Å². The quantitative estimate of drug-likeness (QED) is 0.637. The Morgan fingerprint density at radius 3 is 1.96 bits per heavy atom. The summed E-state index contributed by atoms with van der Waals surface area (Å²) in [5, 5.41) is 15.9. The van der Waals surface area contributed by atoms with Crippen molar-refractivity contribution in [1.29, 1.82) is 0 Å². The molecular formula is C14H12Cl2N6O. The monoisotopic (exact) mass is 350 g/mol. The Labute approximate surface area is 141 Å². The fourth-order valence-corrected chi connectivity index (χ4v) is 2.78. The topological polar surface area (TPSA) is 78.5 Å².